The van der Waals surface area contributed by atoms with Crippen molar-refractivity contribution in [3.05, 3.63) is 81.0 Å². The largest absolute Gasteiger partial charge is 0.744 e. The number of pyridine rings is 1. The summed E-state index contributed by atoms with van der Waals surface area (Å²) in [5.41, 5.74) is 4.84. The van der Waals surface area contributed by atoms with Gasteiger partial charge >= 0.3 is 0 Å². The van der Waals surface area contributed by atoms with Crippen molar-refractivity contribution in [1.29, 1.82) is 0 Å². The summed E-state index contributed by atoms with van der Waals surface area (Å²) < 4.78 is 34.1. The van der Waals surface area contributed by atoms with Crippen LogP contribution in [0.2, 0.25) is 10.0 Å². The molecule has 0 aliphatic rings. The van der Waals surface area contributed by atoms with E-state index in [1.165, 1.54) is 0 Å². The first-order valence-corrected chi connectivity index (χ1v) is 10.8. The molecule has 8 heteroatoms. The first-order chi connectivity index (χ1) is 13.4. The molecule has 0 aliphatic heterocycles. The van der Waals surface area contributed by atoms with Crippen molar-refractivity contribution >= 4 is 33.3 Å². The maximum Gasteiger partial charge on any atom is 0.246 e. The molecule has 3 rings (SSSR count). The fourth-order valence-electron chi connectivity index (χ4n) is 3.23. The van der Waals surface area contributed by atoms with Crippen molar-refractivity contribution in [3.8, 4) is 11.3 Å². The minimum atomic E-state index is -4.33. The van der Waals surface area contributed by atoms with Gasteiger partial charge in [-0.05, 0) is 63.1 Å². The smallest absolute Gasteiger partial charge is 0.246 e. The lowest BCUT2D eigenvalue weighted by Crippen LogP contribution is -2.46. The minimum absolute atomic E-state index is 0.0851. The summed E-state index contributed by atoms with van der Waals surface area (Å²) in [6.07, 6.45) is 1.78. The number of nitrogens with zero attached hydrogens (tertiary/aromatic N) is 1. The van der Waals surface area contributed by atoms with Crippen LogP contribution in [-0.2, 0) is 10.1 Å². The van der Waals surface area contributed by atoms with E-state index in [1.54, 1.807) is 49.0 Å². The average molecular weight is 453 g/mol. The number of benzene rings is 2. The van der Waals surface area contributed by atoms with Gasteiger partial charge in [0, 0.05) is 16.7 Å². The molecule has 0 spiro atoms. The van der Waals surface area contributed by atoms with Crippen LogP contribution >= 0.6 is 23.2 Å². The Morgan fingerprint density at radius 3 is 2.00 bits per heavy atom. The van der Waals surface area contributed by atoms with Gasteiger partial charge in [-0.25, -0.2) is 14.3 Å². The van der Waals surface area contributed by atoms with Crippen LogP contribution in [-0.4, -0.2) is 13.0 Å². The number of hydrogen-bond acceptors (Lipinski definition) is 4. The van der Waals surface area contributed by atoms with E-state index in [1.807, 2.05) is 32.0 Å². The number of hydrogen-bond donors (Lipinski definition) is 1. The average Bonchev–Trinajstić information content (AvgIpc) is 2.54. The summed E-state index contributed by atoms with van der Waals surface area (Å²) in [6, 6.07) is 12.7. The highest BCUT2D eigenvalue weighted by molar-refractivity contribution is 7.85. The molecule has 2 N–H and O–H groups in total. The molecule has 1 aromatic heterocycles. The van der Waals surface area contributed by atoms with E-state index in [4.69, 9.17) is 29.0 Å². The molecule has 0 radical (unpaired) electrons. The second-order valence-corrected chi connectivity index (χ2v) is 8.91. The molecule has 29 heavy (non-hydrogen) atoms. The topological polar surface area (TPSA) is 87.1 Å². The van der Waals surface area contributed by atoms with Crippen molar-refractivity contribution in [2.75, 3.05) is 5.84 Å². The fourth-order valence-corrected chi connectivity index (χ4v) is 4.64. The van der Waals surface area contributed by atoms with Crippen molar-refractivity contribution in [2.24, 2.45) is 0 Å². The van der Waals surface area contributed by atoms with Gasteiger partial charge in [-0.1, -0.05) is 45.6 Å². The second-order valence-electron chi connectivity index (χ2n) is 6.75. The van der Waals surface area contributed by atoms with Gasteiger partial charge in [-0.3, -0.25) is 0 Å². The molecule has 3 aromatic rings. The Hall–Kier alpha value is -2.12. The third-order valence-electron chi connectivity index (χ3n) is 4.27. The molecule has 0 bridgehead atoms. The van der Waals surface area contributed by atoms with Gasteiger partial charge in [-0.2, -0.15) is 0 Å². The first kappa shape index (κ1) is 23.2. The molecular formula is C21H22Cl2N2O3S. The zero-order valence-corrected chi connectivity index (χ0v) is 18.9. The van der Waals surface area contributed by atoms with E-state index in [-0.39, 0.29) is 4.90 Å². The summed E-state index contributed by atoms with van der Waals surface area (Å²) in [5, 5.41) is 1.21. The van der Waals surface area contributed by atoms with E-state index in [2.05, 4.69) is 0 Å². The van der Waals surface area contributed by atoms with Crippen molar-refractivity contribution in [1.82, 2.24) is 0 Å². The summed E-state index contributed by atoms with van der Waals surface area (Å²) in [6.45, 7) is 7.11. The zero-order valence-electron chi connectivity index (χ0n) is 16.5. The molecular weight excluding hydrogens is 431 g/mol. The number of rotatable bonds is 2. The molecule has 0 saturated carbocycles. The fraction of sp³-hybridized carbons (Fsp3) is 0.190. The summed E-state index contributed by atoms with van der Waals surface area (Å²) in [5.74, 6) is 5.89. The molecule has 0 saturated heterocycles. The van der Waals surface area contributed by atoms with Gasteiger partial charge in [0.25, 0.3) is 0 Å². The minimum Gasteiger partial charge on any atom is -0.744 e. The summed E-state index contributed by atoms with van der Waals surface area (Å²) in [7, 11) is -4.33. The van der Waals surface area contributed by atoms with Crippen LogP contribution in [0.25, 0.3) is 11.3 Å². The zero-order chi connectivity index (χ0) is 21.9. The Labute approximate surface area is 181 Å². The number of aryl methyl sites for hydroxylation is 4. The van der Waals surface area contributed by atoms with Crippen molar-refractivity contribution in [3.63, 3.8) is 0 Å². The molecule has 2 aromatic carbocycles. The third kappa shape index (κ3) is 5.70. The van der Waals surface area contributed by atoms with Crippen LogP contribution in [0.15, 0.2) is 53.6 Å². The Bertz CT molecular complexity index is 1120. The highest BCUT2D eigenvalue weighted by Crippen LogP contribution is 2.29. The Balaban J connectivity index is 0.000000212. The number of halogens is 2. The van der Waals surface area contributed by atoms with Crippen LogP contribution in [0.5, 0.6) is 0 Å². The standard InChI is InChI=1S/C12H11Cl2N2.C9H12O3S/c1-8-3-2-6-16(15)12(8)10-5-4-9(13)7-11(10)14;1-6-4-7(2)9(8(3)5-6)13(10,11)12/h2-7H,15H2,1H3;4-5H,1-3H3,(H,10,11,12)/q+1;/p-1. The van der Waals surface area contributed by atoms with Gasteiger partial charge < -0.3 is 4.55 Å². The van der Waals surface area contributed by atoms with Gasteiger partial charge in [0.15, 0.2) is 6.20 Å². The highest BCUT2D eigenvalue weighted by Gasteiger charge is 2.17. The second kappa shape index (κ2) is 9.13. The van der Waals surface area contributed by atoms with Crippen LogP contribution in [0.1, 0.15) is 22.3 Å². The normalized spacial score (nSPS) is 11.0. The van der Waals surface area contributed by atoms with Crippen LogP contribution < -0.4 is 10.5 Å². The van der Waals surface area contributed by atoms with E-state index < -0.39 is 10.1 Å². The molecule has 0 atom stereocenters. The molecule has 1 heterocycles. The number of aromatic nitrogens is 1. The van der Waals surface area contributed by atoms with E-state index in [0.717, 1.165) is 22.4 Å². The first-order valence-electron chi connectivity index (χ1n) is 8.67. The Morgan fingerprint density at radius 1 is 0.931 bits per heavy atom. The van der Waals surface area contributed by atoms with Gasteiger partial charge in [-0.15, -0.1) is 0 Å². The predicted molar refractivity (Wildman–Crippen MR) is 116 cm³/mol. The summed E-state index contributed by atoms with van der Waals surface area (Å²) >= 11 is 12.0. The van der Waals surface area contributed by atoms with Gasteiger partial charge in [0.1, 0.15) is 10.1 Å². The molecule has 5 nitrogen and oxygen atoms in total. The molecule has 0 amide bonds. The molecule has 154 valence electrons. The lowest BCUT2D eigenvalue weighted by atomic mass is 10.1. The van der Waals surface area contributed by atoms with Crippen molar-refractivity contribution < 1.29 is 17.6 Å². The van der Waals surface area contributed by atoms with E-state index >= 15 is 0 Å². The van der Waals surface area contributed by atoms with E-state index in [0.29, 0.717) is 21.2 Å². The predicted octanol–water partition coefficient (Wildman–Crippen LogP) is 4.49. The van der Waals surface area contributed by atoms with Crippen molar-refractivity contribution in [2.45, 2.75) is 32.6 Å². The Kier molecular flexibility index (Phi) is 7.30. The molecule has 0 aliphatic carbocycles. The maximum absolute atomic E-state index is 10.8. The third-order valence-corrected chi connectivity index (χ3v) is 5.96. The lowest BCUT2D eigenvalue weighted by molar-refractivity contribution is -0.627. The van der Waals surface area contributed by atoms with Crippen LogP contribution in [0, 0.1) is 27.7 Å². The monoisotopic (exact) mass is 452 g/mol. The molecule has 0 unspecified atom stereocenters. The SMILES string of the molecule is Cc1cc(C)c(S(=O)(=O)[O-])c(C)c1.Cc1ccc[n+](N)c1-c1ccc(Cl)cc1Cl. The van der Waals surface area contributed by atoms with Crippen LogP contribution in [0.3, 0.4) is 0 Å². The lowest BCUT2D eigenvalue weighted by Gasteiger charge is -2.14. The Morgan fingerprint density at radius 2 is 1.52 bits per heavy atom. The summed E-state index contributed by atoms with van der Waals surface area (Å²) in [4.78, 5) is -0.0851. The van der Waals surface area contributed by atoms with E-state index in [9.17, 15) is 13.0 Å². The number of nitrogen functional groups attached to an aromatic ring is 1. The number of nitrogens with two attached hydrogens (primary N) is 1. The highest BCUT2D eigenvalue weighted by atomic mass is 35.5. The van der Waals surface area contributed by atoms with Gasteiger partial charge in [0.05, 0.1) is 15.5 Å². The molecule has 0 fully saturated rings. The quantitative estimate of drug-likeness (QED) is 0.352. The maximum atomic E-state index is 10.8. The van der Waals surface area contributed by atoms with Crippen LogP contribution in [0.4, 0.5) is 0 Å². The van der Waals surface area contributed by atoms with Gasteiger partial charge in [0.2, 0.25) is 5.69 Å².